The average Bonchev–Trinajstić information content (AvgIpc) is 3.13. The fourth-order valence-electron chi connectivity index (χ4n) is 3.26. The highest BCUT2D eigenvalue weighted by Crippen LogP contribution is 2.24. The van der Waals surface area contributed by atoms with Gasteiger partial charge in [-0.3, -0.25) is 19.6 Å². The Balaban J connectivity index is 1.56. The minimum Gasteiger partial charge on any atom is -0.345 e. The number of nitro benzene ring substituents is 1. The van der Waals surface area contributed by atoms with Crippen LogP contribution in [0.3, 0.4) is 0 Å². The summed E-state index contributed by atoms with van der Waals surface area (Å²) in [5.74, 6) is 1.10. The zero-order chi connectivity index (χ0) is 20.5. The van der Waals surface area contributed by atoms with Gasteiger partial charge in [-0.1, -0.05) is 0 Å². The van der Waals surface area contributed by atoms with Crippen LogP contribution in [0.2, 0.25) is 0 Å². The maximum atomic E-state index is 12.7. The molecule has 0 radical (unpaired) electrons. The van der Waals surface area contributed by atoms with Gasteiger partial charge in [-0.05, 0) is 19.1 Å². The number of amides is 1. The molecule has 0 aliphatic carbocycles. The van der Waals surface area contributed by atoms with Crippen molar-refractivity contribution in [3.05, 3.63) is 58.5 Å². The Hall–Kier alpha value is -3.82. The fourth-order valence-corrected chi connectivity index (χ4v) is 3.26. The second kappa shape index (κ2) is 7.30. The van der Waals surface area contributed by atoms with Crippen LogP contribution in [-0.4, -0.2) is 50.2 Å². The molecule has 10 heteroatoms. The van der Waals surface area contributed by atoms with E-state index < -0.39 is 4.92 Å². The molecule has 0 bridgehead atoms. The van der Waals surface area contributed by atoms with Crippen molar-refractivity contribution in [2.75, 3.05) is 29.4 Å². The van der Waals surface area contributed by atoms with E-state index in [1.165, 1.54) is 12.1 Å². The van der Waals surface area contributed by atoms with Crippen molar-refractivity contribution in [2.45, 2.75) is 6.92 Å². The first-order valence-corrected chi connectivity index (χ1v) is 9.05. The molecule has 3 aromatic rings. The van der Waals surface area contributed by atoms with Crippen LogP contribution in [0, 0.1) is 17.0 Å². The average molecular weight is 393 g/mol. The summed E-state index contributed by atoms with van der Waals surface area (Å²) in [5, 5.41) is 15.0. The highest BCUT2D eigenvalue weighted by Gasteiger charge is 2.27. The number of aryl methyl sites for hydroxylation is 2. The van der Waals surface area contributed by atoms with Gasteiger partial charge in [0.1, 0.15) is 5.82 Å². The van der Waals surface area contributed by atoms with Gasteiger partial charge in [-0.25, -0.2) is 9.97 Å². The van der Waals surface area contributed by atoms with Crippen molar-refractivity contribution in [3.63, 3.8) is 0 Å². The summed E-state index contributed by atoms with van der Waals surface area (Å²) in [6.07, 6.45) is 3.49. The number of nitrogens with zero attached hydrogens (tertiary/aromatic N) is 7. The monoisotopic (exact) mass is 393 g/mol. The van der Waals surface area contributed by atoms with Gasteiger partial charge in [0.25, 0.3) is 5.69 Å². The standard InChI is InChI=1S/C19H19N7O3/c1-13-9-17(22-19(21-13)14-3-5-15(6-4-14)26(28)29)24-7-8-25(18(27)12-24)16-10-20-23(2)11-16/h3-6,9-11H,7-8,12H2,1-2H3. The Morgan fingerprint density at radius 1 is 1.14 bits per heavy atom. The number of non-ortho nitro benzene ring substituents is 1. The lowest BCUT2D eigenvalue weighted by molar-refractivity contribution is -0.384. The molecule has 148 valence electrons. The van der Waals surface area contributed by atoms with E-state index in [2.05, 4.69) is 15.1 Å². The van der Waals surface area contributed by atoms with Gasteiger partial charge in [-0.2, -0.15) is 5.10 Å². The van der Waals surface area contributed by atoms with Crippen molar-refractivity contribution < 1.29 is 9.72 Å². The summed E-state index contributed by atoms with van der Waals surface area (Å²) in [7, 11) is 1.81. The molecule has 0 saturated carbocycles. The molecule has 3 heterocycles. The Morgan fingerprint density at radius 3 is 2.52 bits per heavy atom. The molecule has 2 aromatic heterocycles. The normalized spacial score (nSPS) is 14.3. The number of benzene rings is 1. The predicted octanol–water partition coefficient (Wildman–Crippen LogP) is 1.95. The van der Waals surface area contributed by atoms with E-state index in [-0.39, 0.29) is 18.1 Å². The number of hydrogen-bond donors (Lipinski definition) is 0. The first-order chi connectivity index (χ1) is 13.9. The van der Waals surface area contributed by atoms with Crippen LogP contribution in [0.4, 0.5) is 17.2 Å². The van der Waals surface area contributed by atoms with E-state index in [9.17, 15) is 14.9 Å². The zero-order valence-corrected chi connectivity index (χ0v) is 16.0. The SMILES string of the molecule is Cc1cc(N2CCN(c3cnn(C)c3)C(=O)C2)nc(-c2ccc([N+](=O)[O-])cc2)n1. The first kappa shape index (κ1) is 18.5. The molecule has 0 unspecified atom stereocenters. The lowest BCUT2D eigenvalue weighted by Crippen LogP contribution is -2.50. The summed E-state index contributed by atoms with van der Waals surface area (Å²) in [6, 6.07) is 7.94. The van der Waals surface area contributed by atoms with Gasteiger partial charge in [0.15, 0.2) is 5.82 Å². The summed E-state index contributed by atoms with van der Waals surface area (Å²) in [5.41, 5.74) is 2.23. The second-order valence-corrected chi connectivity index (χ2v) is 6.83. The topological polar surface area (TPSA) is 110 Å². The van der Waals surface area contributed by atoms with Crippen LogP contribution in [0.15, 0.2) is 42.7 Å². The van der Waals surface area contributed by atoms with Crippen molar-refractivity contribution in [3.8, 4) is 11.4 Å². The van der Waals surface area contributed by atoms with Gasteiger partial charge < -0.3 is 9.80 Å². The molecule has 10 nitrogen and oxygen atoms in total. The largest absolute Gasteiger partial charge is 0.345 e. The van der Waals surface area contributed by atoms with E-state index in [0.717, 1.165) is 11.4 Å². The molecule has 1 aliphatic rings. The van der Waals surface area contributed by atoms with E-state index in [4.69, 9.17) is 0 Å². The van der Waals surface area contributed by atoms with Crippen molar-refractivity contribution in [1.29, 1.82) is 0 Å². The third kappa shape index (κ3) is 3.77. The molecule has 1 aliphatic heterocycles. The Morgan fingerprint density at radius 2 is 1.90 bits per heavy atom. The molecule has 1 fully saturated rings. The number of carbonyl (C=O) groups is 1. The Kier molecular flexibility index (Phi) is 4.67. The van der Waals surface area contributed by atoms with Gasteiger partial charge in [0.05, 0.1) is 23.4 Å². The third-order valence-electron chi connectivity index (χ3n) is 4.72. The summed E-state index contributed by atoms with van der Waals surface area (Å²) < 4.78 is 1.67. The molecule has 1 amide bonds. The van der Waals surface area contributed by atoms with Gasteiger partial charge in [0.2, 0.25) is 5.91 Å². The molecular weight excluding hydrogens is 374 g/mol. The number of piperazine rings is 1. The Bertz CT molecular complexity index is 1080. The molecule has 0 atom stereocenters. The minimum absolute atomic E-state index is 0.0127. The maximum absolute atomic E-state index is 12.7. The molecule has 29 heavy (non-hydrogen) atoms. The van der Waals surface area contributed by atoms with Crippen molar-refractivity contribution >= 4 is 23.1 Å². The minimum atomic E-state index is -0.445. The molecule has 4 rings (SSSR count). The van der Waals surface area contributed by atoms with Crippen LogP contribution in [0.1, 0.15) is 5.69 Å². The zero-order valence-electron chi connectivity index (χ0n) is 16.0. The quantitative estimate of drug-likeness (QED) is 0.492. The second-order valence-electron chi connectivity index (χ2n) is 6.83. The highest BCUT2D eigenvalue weighted by atomic mass is 16.6. The highest BCUT2D eigenvalue weighted by molar-refractivity contribution is 5.97. The third-order valence-corrected chi connectivity index (χ3v) is 4.72. The maximum Gasteiger partial charge on any atom is 0.269 e. The lowest BCUT2D eigenvalue weighted by Gasteiger charge is -2.34. The summed E-state index contributed by atoms with van der Waals surface area (Å²) in [6.45, 7) is 3.20. The fraction of sp³-hybridized carbons (Fsp3) is 0.263. The smallest absolute Gasteiger partial charge is 0.269 e. The van der Waals surface area contributed by atoms with E-state index in [1.54, 1.807) is 27.9 Å². The molecular formula is C19H19N7O3. The summed E-state index contributed by atoms with van der Waals surface area (Å²) in [4.78, 5) is 35.7. The van der Waals surface area contributed by atoms with Crippen LogP contribution in [0.5, 0.6) is 0 Å². The number of nitro groups is 1. The van der Waals surface area contributed by atoms with Crippen molar-refractivity contribution in [2.24, 2.45) is 7.05 Å². The predicted molar refractivity (Wildman–Crippen MR) is 107 cm³/mol. The van der Waals surface area contributed by atoms with Crippen LogP contribution in [0.25, 0.3) is 11.4 Å². The van der Waals surface area contributed by atoms with E-state index in [1.807, 2.05) is 31.1 Å². The van der Waals surface area contributed by atoms with E-state index in [0.29, 0.717) is 30.3 Å². The number of hydrogen-bond acceptors (Lipinski definition) is 7. The summed E-state index contributed by atoms with van der Waals surface area (Å²) >= 11 is 0. The van der Waals surface area contributed by atoms with Crippen molar-refractivity contribution in [1.82, 2.24) is 19.7 Å². The number of rotatable bonds is 4. The number of anilines is 2. The molecule has 1 aromatic carbocycles. The van der Waals surface area contributed by atoms with Gasteiger partial charge >= 0.3 is 0 Å². The molecule has 0 spiro atoms. The number of carbonyl (C=O) groups excluding carboxylic acids is 1. The number of aromatic nitrogens is 4. The van der Waals surface area contributed by atoms with Crippen LogP contribution in [-0.2, 0) is 11.8 Å². The van der Waals surface area contributed by atoms with E-state index >= 15 is 0 Å². The van der Waals surface area contributed by atoms with Crippen LogP contribution < -0.4 is 9.80 Å². The molecule has 0 N–H and O–H groups in total. The lowest BCUT2D eigenvalue weighted by atomic mass is 10.2. The van der Waals surface area contributed by atoms with Gasteiger partial charge in [-0.15, -0.1) is 0 Å². The first-order valence-electron chi connectivity index (χ1n) is 9.05. The Labute approximate surface area is 166 Å². The van der Waals surface area contributed by atoms with Crippen LogP contribution >= 0.6 is 0 Å². The molecule has 1 saturated heterocycles. The van der Waals surface area contributed by atoms with Gasteiger partial charge in [0, 0.05) is 55.8 Å².